The van der Waals surface area contributed by atoms with Gasteiger partial charge in [-0.25, -0.2) is 0 Å². The van der Waals surface area contributed by atoms with Gasteiger partial charge in [-0.1, -0.05) is 147 Å². The van der Waals surface area contributed by atoms with E-state index in [2.05, 4.69) is 76.2 Å². The Hall–Kier alpha value is -1.56. The van der Waals surface area contributed by atoms with Gasteiger partial charge in [-0.3, -0.25) is 0 Å². The first-order chi connectivity index (χ1) is 16.6. The van der Waals surface area contributed by atoms with Crippen molar-refractivity contribution >= 4 is 0 Å². The van der Waals surface area contributed by atoms with Crippen molar-refractivity contribution in [2.45, 2.75) is 129 Å². The first-order valence-corrected chi connectivity index (χ1v) is 14.8. The minimum Gasteiger partial charge on any atom is -0.0654 e. The summed E-state index contributed by atoms with van der Waals surface area (Å²) >= 11 is 0. The maximum Gasteiger partial charge on any atom is 0.0202 e. The van der Waals surface area contributed by atoms with Gasteiger partial charge in [0.05, 0.1) is 0 Å². The van der Waals surface area contributed by atoms with E-state index in [1.54, 1.807) is 11.1 Å². The molecule has 0 heteroatoms. The average molecular weight is 461 g/mol. The summed E-state index contributed by atoms with van der Waals surface area (Å²) in [5.41, 5.74) is 6.39. The van der Waals surface area contributed by atoms with Gasteiger partial charge in [0.1, 0.15) is 0 Å². The predicted molar refractivity (Wildman–Crippen MR) is 151 cm³/mol. The molecule has 0 aromatic heterocycles. The highest BCUT2D eigenvalue weighted by Gasteiger charge is 2.35. The Morgan fingerprint density at radius 1 is 0.588 bits per heavy atom. The molecular weight excluding hydrogens is 408 g/mol. The molecule has 0 N–H and O–H groups in total. The van der Waals surface area contributed by atoms with Crippen molar-refractivity contribution < 1.29 is 0 Å². The lowest BCUT2D eigenvalue weighted by Gasteiger charge is -2.39. The van der Waals surface area contributed by atoms with Crippen LogP contribution in [0.1, 0.15) is 133 Å². The zero-order valence-corrected chi connectivity index (χ0v) is 22.9. The van der Waals surface area contributed by atoms with Crippen LogP contribution in [0.4, 0.5) is 0 Å². The molecule has 0 heterocycles. The highest BCUT2D eigenvalue weighted by Crippen LogP contribution is 2.45. The molecule has 1 aliphatic rings. The maximum absolute atomic E-state index is 2.49. The quantitative estimate of drug-likeness (QED) is 0.263. The van der Waals surface area contributed by atoms with Crippen molar-refractivity contribution in [2.75, 3.05) is 0 Å². The number of benzene rings is 2. The van der Waals surface area contributed by atoms with Gasteiger partial charge in [0.2, 0.25) is 0 Å². The summed E-state index contributed by atoms with van der Waals surface area (Å²) in [4.78, 5) is 0. The van der Waals surface area contributed by atoms with E-state index >= 15 is 0 Å². The minimum absolute atomic E-state index is 0.216. The lowest BCUT2D eigenvalue weighted by molar-refractivity contribution is 0.345. The van der Waals surface area contributed by atoms with E-state index in [1.165, 1.54) is 107 Å². The fourth-order valence-electron chi connectivity index (χ4n) is 6.37. The Bertz CT molecular complexity index is 727. The van der Waals surface area contributed by atoms with Crippen LogP contribution in [0.3, 0.4) is 0 Å². The predicted octanol–water partition coefficient (Wildman–Crippen LogP) is 10.5. The second kappa shape index (κ2) is 14.1. The molecular formula is C34H52. The van der Waals surface area contributed by atoms with Crippen LogP contribution in [0.25, 0.3) is 0 Å². The van der Waals surface area contributed by atoms with Crippen LogP contribution in [0.15, 0.2) is 48.5 Å². The van der Waals surface area contributed by atoms with Crippen LogP contribution < -0.4 is 0 Å². The van der Waals surface area contributed by atoms with Gasteiger partial charge >= 0.3 is 0 Å². The molecule has 3 rings (SSSR count). The molecule has 0 spiro atoms. The Morgan fingerprint density at radius 2 is 1.00 bits per heavy atom. The van der Waals surface area contributed by atoms with Gasteiger partial charge in [-0.05, 0) is 59.8 Å². The van der Waals surface area contributed by atoms with E-state index in [0.717, 1.165) is 11.8 Å². The van der Waals surface area contributed by atoms with Crippen LogP contribution in [-0.2, 0) is 18.3 Å². The van der Waals surface area contributed by atoms with Gasteiger partial charge in [0.25, 0.3) is 0 Å². The Balaban J connectivity index is 1.76. The third kappa shape index (κ3) is 7.22. The summed E-state index contributed by atoms with van der Waals surface area (Å²) in [5.74, 6) is 1.68. The maximum atomic E-state index is 2.49. The number of hydrogen-bond donors (Lipinski definition) is 0. The number of rotatable bonds is 14. The molecule has 2 aromatic carbocycles. The molecule has 0 saturated heterocycles. The number of unbranched alkanes of at least 4 members (excludes halogenated alkanes) is 2. The third-order valence-corrected chi connectivity index (χ3v) is 8.86. The molecule has 0 nitrogen and oxygen atoms in total. The molecule has 0 amide bonds. The number of hydrogen-bond acceptors (Lipinski definition) is 0. The zero-order valence-electron chi connectivity index (χ0n) is 22.9. The van der Waals surface area contributed by atoms with Crippen molar-refractivity contribution in [3.63, 3.8) is 0 Å². The smallest absolute Gasteiger partial charge is 0.0202 e. The standard InChI is InChI=1S/C34H52/c1-5-9-14-28(7-3)26-30-16-20-32(21-17-30)34(24-12-11-13-25-34)33-22-18-31(19-23-33)27-29(8-4)15-10-6-2/h16-23,28-29H,5-15,24-27H2,1-4H3. The zero-order chi connectivity index (χ0) is 24.2. The van der Waals surface area contributed by atoms with E-state index in [1.807, 2.05) is 0 Å². The molecule has 2 unspecified atom stereocenters. The van der Waals surface area contributed by atoms with Crippen molar-refractivity contribution in [1.82, 2.24) is 0 Å². The molecule has 188 valence electrons. The molecule has 1 fully saturated rings. The van der Waals surface area contributed by atoms with Crippen LogP contribution in [0.5, 0.6) is 0 Å². The SMILES string of the molecule is CCCCC(CC)Cc1ccc(C2(c3ccc(CC(CC)CCCC)cc3)CCCCC2)cc1. The van der Waals surface area contributed by atoms with Crippen molar-refractivity contribution in [3.8, 4) is 0 Å². The lowest BCUT2D eigenvalue weighted by Crippen LogP contribution is -2.30. The average Bonchev–Trinajstić information content (AvgIpc) is 2.90. The Kier molecular flexibility index (Phi) is 11.2. The summed E-state index contributed by atoms with van der Waals surface area (Å²) in [6, 6.07) is 19.8. The van der Waals surface area contributed by atoms with Crippen molar-refractivity contribution in [3.05, 3.63) is 70.8 Å². The summed E-state index contributed by atoms with van der Waals surface area (Å²) < 4.78 is 0. The Labute approximate surface area is 212 Å². The van der Waals surface area contributed by atoms with E-state index in [-0.39, 0.29) is 5.41 Å². The fourth-order valence-corrected chi connectivity index (χ4v) is 6.37. The first kappa shape index (κ1) is 27.0. The molecule has 2 aromatic rings. The molecule has 0 radical (unpaired) electrons. The summed E-state index contributed by atoms with van der Waals surface area (Å²) in [5, 5.41) is 0. The minimum atomic E-state index is 0.216. The highest BCUT2D eigenvalue weighted by molar-refractivity contribution is 5.42. The van der Waals surface area contributed by atoms with Crippen LogP contribution in [0, 0.1) is 11.8 Å². The monoisotopic (exact) mass is 460 g/mol. The van der Waals surface area contributed by atoms with Gasteiger partial charge in [-0.2, -0.15) is 0 Å². The van der Waals surface area contributed by atoms with Gasteiger partial charge in [0.15, 0.2) is 0 Å². The molecule has 0 aliphatic heterocycles. The molecule has 1 saturated carbocycles. The second-order valence-electron chi connectivity index (χ2n) is 11.3. The summed E-state index contributed by atoms with van der Waals surface area (Å²) in [6.45, 7) is 9.35. The van der Waals surface area contributed by atoms with E-state index in [9.17, 15) is 0 Å². The van der Waals surface area contributed by atoms with E-state index in [4.69, 9.17) is 0 Å². The van der Waals surface area contributed by atoms with Crippen molar-refractivity contribution in [1.29, 1.82) is 0 Å². The first-order valence-electron chi connectivity index (χ1n) is 14.8. The third-order valence-electron chi connectivity index (χ3n) is 8.86. The summed E-state index contributed by atoms with van der Waals surface area (Å²) in [6.07, 6.45) is 19.9. The normalized spacial score (nSPS) is 17.4. The Morgan fingerprint density at radius 3 is 1.35 bits per heavy atom. The van der Waals surface area contributed by atoms with Gasteiger partial charge < -0.3 is 0 Å². The molecule has 34 heavy (non-hydrogen) atoms. The lowest BCUT2D eigenvalue weighted by atomic mass is 9.65. The van der Waals surface area contributed by atoms with E-state index in [0.29, 0.717) is 0 Å². The molecule has 2 atom stereocenters. The van der Waals surface area contributed by atoms with Crippen LogP contribution >= 0.6 is 0 Å². The van der Waals surface area contributed by atoms with Gasteiger partial charge in [0, 0.05) is 5.41 Å². The van der Waals surface area contributed by atoms with Crippen LogP contribution in [0.2, 0.25) is 0 Å². The molecule has 0 bridgehead atoms. The second-order valence-corrected chi connectivity index (χ2v) is 11.3. The fraction of sp³-hybridized carbons (Fsp3) is 0.647. The molecule has 1 aliphatic carbocycles. The van der Waals surface area contributed by atoms with Gasteiger partial charge in [-0.15, -0.1) is 0 Å². The summed E-state index contributed by atoms with van der Waals surface area (Å²) in [7, 11) is 0. The van der Waals surface area contributed by atoms with E-state index < -0.39 is 0 Å². The largest absolute Gasteiger partial charge is 0.0654 e. The topological polar surface area (TPSA) is 0 Å². The van der Waals surface area contributed by atoms with Crippen molar-refractivity contribution in [2.24, 2.45) is 11.8 Å². The highest BCUT2D eigenvalue weighted by atomic mass is 14.4. The van der Waals surface area contributed by atoms with Crippen LogP contribution in [-0.4, -0.2) is 0 Å².